The van der Waals surface area contributed by atoms with Gasteiger partial charge in [0.2, 0.25) is 0 Å². The van der Waals surface area contributed by atoms with Gasteiger partial charge in [0.1, 0.15) is 6.10 Å². The summed E-state index contributed by atoms with van der Waals surface area (Å²) in [4.78, 5) is 23.6. The van der Waals surface area contributed by atoms with Gasteiger partial charge in [-0.1, -0.05) is 19.9 Å². The number of carbonyl (C=O) groups is 2. The van der Waals surface area contributed by atoms with E-state index in [1.54, 1.807) is 6.08 Å². The molecule has 3 nitrogen and oxygen atoms in total. The lowest BCUT2D eigenvalue weighted by Crippen LogP contribution is -2.39. The Balaban J connectivity index is 2.10. The molecule has 0 bridgehead atoms. The van der Waals surface area contributed by atoms with Crippen LogP contribution in [0.2, 0.25) is 0 Å². The first kappa shape index (κ1) is 11.7. The Morgan fingerprint density at radius 2 is 2.11 bits per heavy atom. The van der Waals surface area contributed by atoms with Crippen LogP contribution >= 0.6 is 0 Å². The van der Waals surface area contributed by atoms with E-state index in [0.29, 0.717) is 0 Å². The Kier molecular flexibility index (Phi) is 2.31. The van der Waals surface area contributed by atoms with Crippen LogP contribution in [0.3, 0.4) is 0 Å². The number of allylic oxidation sites excluding steroid dienone is 3. The summed E-state index contributed by atoms with van der Waals surface area (Å²) in [6.45, 7) is 5.94. The SMILES string of the molecule is CC1=C2C3OC(=O)[C@@H](C)[C@@H]3CC[C@@]2(C)C=CC1=O. The van der Waals surface area contributed by atoms with Crippen molar-refractivity contribution in [1.29, 1.82) is 0 Å². The molecular formula is C15H18O3. The molecule has 0 aromatic rings. The minimum atomic E-state index is -0.180. The third-order valence-corrected chi connectivity index (χ3v) is 4.92. The predicted octanol–water partition coefficient (Wildman–Crippen LogP) is 2.42. The number of rotatable bonds is 0. The van der Waals surface area contributed by atoms with Gasteiger partial charge in [0, 0.05) is 16.9 Å². The van der Waals surface area contributed by atoms with Gasteiger partial charge in [-0.25, -0.2) is 0 Å². The zero-order chi connectivity index (χ0) is 13.1. The molecule has 1 heterocycles. The zero-order valence-corrected chi connectivity index (χ0v) is 11.0. The summed E-state index contributed by atoms with van der Waals surface area (Å²) in [5.74, 6) is 0.144. The quantitative estimate of drug-likeness (QED) is 0.616. The van der Waals surface area contributed by atoms with E-state index < -0.39 is 0 Å². The number of hydrogen-bond acceptors (Lipinski definition) is 3. The van der Waals surface area contributed by atoms with Crippen LogP contribution < -0.4 is 0 Å². The molecule has 3 heteroatoms. The van der Waals surface area contributed by atoms with E-state index in [4.69, 9.17) is 4.74 Å². The Morgan fingerprint density at radius 1 is 1.39 bits per heavy atom. The highest BCUT2D eigenvalue weighted by atomic mass is 16.6. The second-order valence-corrected chi connectivity index (χ2v) is 6.00. The number of fused-ring (bicyclic) bond motifs is 3. The average molecular weight is 246 g/mol. The Morgan fingerprint density at radius 3 is 2.83 bits per heavy atom. The molecule has 1 unspecified atom stereocenters. The summed E-state index contributed by atoms with van der Waals surface area (Å²) in [7, 11) is 0. The van der Waals surface area contributed by atoms with E-state index >= 15 is 0 Å². The smallest absolute Gasteiger partial charge is 0.309 e. The minimum absolute atomic E-state index is 0.0409. The van der Waals surface area contributed by atoms with Crippen molar-refractivity contribution in [3.05, 3.63) is 23.3 Å². The largest absolute Gasteiger partial charge is 0.457 e. The maximum Gasteiger partial charge on any atom is 0.309 e. The lowest BCUT2D eigenvalue weighted by atomic mass is 9.62. The summed E-state index contributed by atoms with van der Waals surface area (Å²) in [6.07, 6.45) is 5.46. The van der Waals surface area contributed by atoms with Crippen molar-refractivity contribution in [3.63, 3.8) is 0 Å². The van der Waals surface area contributed by atoms with Gasteiger partial charge < -0.3 is 4.74 Å². The average Bonchev–Trinajstić information content (AvgIpc) is 2.60. The Hall–Kier alpha value is -1.38. The van der Waals surface area contributed by atoms with Gasteiger partial charge in [0.05, 0.1) is 5.92 Å². The predicted molar refractivity (Wildman–Crippen MR) is 66.7 cm³/mol. The molecule has 96 valence electrons. The zero-order valence-electron chi connectivity index (χ0n) is 11.0. The normalized spacial score (nSPS) is 42.7. The van der Waals surface area contributed by atoms with Crippen LogP contribution in [0.1, 0.15) is 33.6 Å². The van der Waals surface area contributed by atoms with Crippen LogP contribution in [-0.4, -0.2) is 17.9 Å². The molecule has 0 amide bonds. The molecule has 18 heavy (non-hydrogen) atoms. The molecule has 1 saturated carbocycles. The van der Waals surface area contributed by atoms with Crippen molar-refractivity contribution in [2.24, 2.45) is 17.3 Å². The molecule has 0 aromatic heterocycles. The van der Waals surface area contributed by atoms with Gasteiger partial charge in [-0.3, -0.25) is 9.59 Å². The first-order chi connectivity index (χ1) is 8.44. The molecule has 0 N–H and O–H groups in total. The molecule has 3 rings (SSSR count). The van der Waals surface area contributed by atoms with Gasteiger partial charge >= 0.3 is 5.97 Å². The fraction of sp³-hybridized carbons (Fsp3) is 0.600. The van der Waals surface area contributed by atoms with Crippen LogP contribution in [0.15, 0.2) is 23.3 Å². The summed E-state index contributed by atoms with van der Waals surface area (Å²) in [5.41, 5.74) is 1.71. The molecule has 4 atom stereocenters. The highest BCUT2D eigenvalue weighted by molar-refractivity contribution is 6.05. The van der Waals surface area contributed by atoms with Gasteiger partial charge in [-0.05, 0) is 31.4 Å². The van der Waals surface area contributed by atoms with Crippen LogP contribution in [0.5, 0.6) is 0 Å². The van der Waals surface area contributed by atoms with Crippen LogP contribution in [0, 0.1) is 17.3 Å². The Labute approximate surface area is 107 Å². The van der Waals surface area contributed by atoms with Gasteiger partial charge in [-0.2, -0.15) is 0 Å². The van der Waals surface area contributed by atoms with E-state index in [-0.39, 0.29) is 35.1 Å². The van der Waals surface area contributed by atoms with Crippen LogP contribution in [0.25, 0.3) is 0 Å². The highest BCUT2D eigenvalue weighted by Crippen LogP contribution is 2.52. The maximum absolute atomic E-state index is 11.9. The molecule has 2 aliphatic carbocycles. The Bertz CT molecular complexity index is 500. The third-order valence-electron chi connectivity index (χ3n) is 4.92. The van der Waals surface area contributed by atoms with Crippen molar-refractivity contribution >= 4 is 11.8 Å². The van der Waals surface area contributed by atoms with Crippen molar-refractivity contribution < 1.29 is 14.3 Å². The highest BCUT2D eigenvalue weighted by Gasteiger charge is 2.52. The van der Waals surface area contributed by atoms with Crippen molar-refractivity contribution in [2.45, 2.75) is 39.7 Å². The van der Waals surface area contributed by atoms with Crippen LogP contribution in [-0.2, 0) is 14.3 Å². The number of ketones is 1. The lowest BCUT2D eigenvalue weighted by Gasteiger charge is -2.42. The lowest BCUT2D eigenvalue weighted by molar-refractivity contribution is -0.143. The number of ether oxygens (including phenoxy) is 1. The van der Waals surface area contributed by atoms with E-state index in [2.05, 4.69) is 6.92 Å². The standard InChI is InChI=1S/C15H18O3/c1-8-10-4-6-15(3)7-5-11(16)9(2)12(15)13(10)18-14(8)17/h5,7-8,10,13H,4,6H2,1-3H3/t8-,10-,13?,15-/m0/s1. The molecule has 1 aliphatic heterocycles. The third kappa shape index (κ3) is 1.36. The van der Waals surface area contributed by atoms with E-state index in [9.17, 15) is 9.59 Å². The van der Waals surface area contributed by atoms with E-state index in [1.807, 2.05) is 19.9 Å². The first-order valence-electron chi connectivity index (χ1n) is 6.59. The molecule has 0 radical (unpaired) electrons. The fourth-order valence-electron chi connectivity index (χ4n) is 3.69. The van der Waals surface area contributed by atoms with Gasteiger partial charge in [0.15, 0.2) is 5.78 Å². The van der Waals surface area contributed by atoms with E-state index in [0.717, 1.165) is 24.0 Å². The number of carbonyl (C=O) groups excluding carboxylic acids is 2. The molecule has 2 fully saturated rings. The van der Waals surface area contributed by atoms with E-state index in [1.165, 1.54) is 0 Å². The summed E-state index contributed by atoms with van der Waals surface area (Å²) in [5, 5.41) is 0. The first-order valence-corrected chi connectivity index (χ1v) is 6.59. The molecular weight excluding hydrogens is 228 g/mol. The number of hydrogen-bond donors (Lipinski definition) is 0. The van der Waals surface area contributed by atoms with Crippen molar-refractivity contribution in [2.75, 3.05) is 0 Å². The summed E-state index contributed by atoms with van der Waals surface area (Å²) < 4.78 is 5.55. The monoisotopic (exact) mass is 246 g/mol. The number of esters is 1. The summed E-state index contributed by atoms with van der Waals surface area (Å²) >= 11 is 0. The topological polar surface area (TPSA) is 43.4 Å². The fourth-order valence-corrected chi connectivity index (χ4v) is 3.69. The van der Waals surface area contributed by atoms with Gasteiger partial charge in [0.25, 0.3) is 0 Å². The maximum atomic E-state index is 11.9. The molecule has 1 saturated heterocycles. The minimum Gasteiger partial charge on any atom is -0.457 e. The molecule has 0 aromatic carbocycles. The van der Waals surface area contributed by atoms with Crippen molar-refractivity contribution in [1.82, 2.24) is 0 Å². The second-order valence-electron chi connectivity index (χ2n) is 6.00. The summed E-state index contributed by atoms with van der Waals surface area (Å²) in [6, 6.07) is 0. The molecule has 3 aliphatic rings. The van der Waals surface area contributed by atoms with Crippen LogP contribution in [0.4, 0.5) is 0 Å². The second kappa shape index (κ2) is 3.56. The van der Waals surface area contributed by atoms with Gasteiger partial charge in [-0.15, -0.1) is 0 Å². The van der Waals surface area contributed by atoms with Crippen molar-refractivity contribution in [3.8, 4) is 0 Å². The molecule has 0 spiro atoms.